The summed E-state index contributed by atoms with van der Waals surface area (Å²) in [4.78, 5) is 39.6. The van der Waals surface area contributed by atoms with Crippen LogP contribution in [0.4, 0.5) is 0 Å². The van der Waals surface area contributed by atoms with Gasteiger partial charge in [0.25, 0.3) is 0 Å². The molecular formula is C16H24N2O4. The fourth-order valence-electron chi connectivity index (χ4n) is 4.05. The number of nitrogens with zero attached hydrogens (tertiary/aromatic N) is 2. The molecule has 0 unspecified atom stereocenters. The van der Waals surface area contributed by atoms with Gasteiger partial charge in [-0.2, -0.15) is 0 Å². The summed E-state index contributed by atoms with van der Waals surface area (Å²) in [5, 5.41) is 9.26. The lowest BCUT2D eigenvalue weighted by Crippen LogP contribution is -2.40. The normalized spacial score (nSPS) is 33.0. The predicted octanol–water partition coefficient (Wildman–Crippen LogP) is 1.10. The van der Waals surface area contributed by atoms with Gasteiger partial charge in [-0.05, 0) is 26.2 Å². The fraction of sp³-hybridized carbons (Fsp3) is 0.812. The molecule has 2 aliphatic heterocycles. The number of likely N-dealkylation sites (tertiary alicyclic amines) is 2. The first-order valence-corrected chi connectivity index (χ1v) is 8.22. The molecule has 0 radical (unpaired) electrons. The maximum absolute atomic E-state index is 12.6. The van der Waals surface area contributed by atoms with Crippen LogP contribution in [0, 0.1) is 11.3 Å². The van der Waals surface area contributed by atoms with E-state index in [2.05, 4.69) is 0 Å². The Labute approximate surface area is 130 Å². The van der Waals surface area contributed by atoms with E-state index in [1.54, 1.807) is 11.8 Å². The number of amides is 2. The highest BCUT2D eigenvalue weighted by molar-refractivity contribution is 5.90. The highest BCUT2D eigenvalue weighted by Gasteiger charge is 2.46. The molecule has 122 valence electrons. The van der Waals surface area contributed by atoms with E-state index >= 15 is 0 Å². The molecule has 2 saturated heterocycles. The highest BCUT2D eigenvalue weighted by atomic mass is 16.4. The molecule has 6 nitrogen and oxygen atoms in total. The second kappa shape index (κ2) is 5.56. The monoisotopic (exact) mass is 308 g/mol. The van der Waals surface area contributed by atoms with Crippen molar-refractivity contribution in [2.24, 2.45) is 11.3 Å². The van der Waals surface area contributed by atoms with Crippen molar-refractivity contribution < 1.29 is 19.5 Å². The zero-order chi connectivity index (χ0) is 15.9. The number of aliphatic carboxylic acids is 1. The number of carbonyl (C=O) groups excluding carboxylic acids is 2. The topological polar surface area (TPSA) is 77.9 Å². The molecule has 0 spiro atoms. The molecule has 0 bridgehead atoms. The quantitative estimate of drug-likeness (QED) is 0.847. The second-order valence-corrected chi connectivity index (χ2v) is 7.26. The van der Waals surface area contributed by atoms with Crippen molar-refractivity contribution in [3.8, 4) is 0 Å². The molecule has 1 aliphatic carbocycles. The lowest BCUT2D eigenvalue weighted by atomic mass is 9.90. The van der Waals surface area contributed by atoms with Crippen LogP contribution in [0.5, 0.6) is 0 Å². The SMILES string of the molecule is C[C@]1(C(=O)O)CCN(C(=O)[C@H]2CC(=O)N(C3CCCC3)C2)C1. The Morgan fingerprint density at radius 1 is 1.27 bits per heavy atom. The Morgan fingerprint density at radius 2 is 1.95 bits per heavy atom. The summed E-state index contributed by atoms with van der Waals surface area (Å²) >= 11 is 0. The van der Waals surface area contributed by atoms with Crippen LogP contribution in [0.15, 0.2) is 0 Å². The summed E-state index contributed by atoms with van der Waals surface area (Å²) in [6.45, 7) is 2.95. The van der Waals surface area contributed by atoms with Gasteiger partial charge in [0.15, 0.2) is 0 Å². The molecule has 6 heteroatoms. The molecule has 3 rings (SSSR count). The summed E-state index contributed by atoms with van der Waals surface area (Å²) in [6.07, 6.45) is 5.20. The first kappa shape index (κ1) is 15.3. The van der Waals surface area contributed by atoms with Gasteiger partial charge in [0, 0.05) is 32.1 Å². The second-order valence-electron chi connectivity index (χ2n) is 7.26. The molecule has 1 N–H and O–H groups in total. The van der Waals surface area contributed by atoms with Gasteiger partial charge < -0.3 is 14.9 Å². The number of hydrogen-bond donors (Lipinski definition) is 1. The molecule has 3 fully saturated rings. The molecule has 0 aromatic rings. The Kier molecular flexibility index (Phi) is 3.87. The van der Waals surface area contributed by atoms with Crippen molar-refractivity contribution in [2.45, 2.75) is 51.5 Å². The summed E-state index contributed by atoms with van der Waals surface area (Å²) in [6, 6.07) is 0.313. The van der Waals surface area contributed by atoms with Crippen LogP contribution in [0.3, 0.4) is 0 Å². The van der Waals surface area contributed by atoms with Gasteiger partial charge in [0.2, 0.25) is 11.8 Å². The molecular weight excluding hydrogens is 284 g/mol. The van der Waals surface area contributed by atoms with E-state index in [0.29, 0.717) is 25.6 Å². The van der Waals surface area contributed by atoms with Gasteiger partial charge in [-0.25, -0.2) is 0 Å². The Hall–Kier alpha value is -1.59. The molecule has 1 saturated carbocycles. The van der Waals surface area contributed by atoms with Crippen molar-refractivity contribution in [1.82, 2.24) is 9.80 Å². The van der Waals surface area contributed by atoms with Crippen molar-refractivity contribution in [3.05, 3.63) is 0 Å². The maximum atomic E-state index is 12.6. The smallest absolute Gasteiger partial charge is 0.311 e. The average molecular weight is 308 g/mol. The Morgan fingerprint density at radius 3 is 2.55 bits per heavy atom. The minimum Gasteiger partial charge on any atom is -0.481 e. The van der Waals surface area contributed by atoms with Crippen molar-refractivity contribution >= 4 is 17.8 Å². The number of carbonyl (C=O) groups is 3. The lowest BCUT2D eigenvalue weighted by molar-refractivity contribution is -0.147. The third kappa shape index (κ3) is 2.59. The Balaban J connectivity index is 1.62. The van der Waals surface area contributed by atoms with Gasteiger partial charge >= 0.3 is 5.97 Å². The summed E-state index contributed by atoms with van der Waals surface area (Å²) in [5.74, 6) is -1.09. The molecule has 0 aromatic heterocycles. The first-order chi connectivity index (χ1) is 10.4. The fourth-order valence-corrected chi connectivity index (χ4v) is 4.05. The Bertz CT molecular complexity index is 500. The zero-order valence-corrected chi connectivity index (χ0v) is 13.1. The van der Waals surface area contributed by atoms with Gasteiger partial charge in [-0.15, -0.1) is 0 Å². The van der Waals surface area contributed by atoms with E-state index < -0.39 is 11.4 Å². The van der Waals surface area contributed by atoms with E-state index in [9.17, 15) is 19.5 Å². The van der Waals surface area contributed by atoms with E-state index in [-0.39, 0.29) is 30.7 Å². The number of carboxylic acids is 1. The molecule has 22 heavy (non-hydrogen) atoms. The van der Waals surface area contributed by atoms with E-state index in [4.69, 9.17) is 0 Å². The van der Waals surface area contributed by atoms with Crippen molar-refractivity contribution in [1.29, 1.82) is 0 Å². The van der Waals surface area contributed by atoms with E-state index in [1.807, 2.05) is 4.90 Å². The summed E-state index contributed by atoms with van der Waals surface area (Å²) in [7, 11) is 0. The van der Waals surface area contributed by atoms with Crippen LogP contribution in [-0.2, 0) is 14.4 Å². The molecule has 2 atom stereocenters. The van der Waals surface area contributed by atoms with Crippen LogP contribution in [0.2, 0.25) is 0 Å². The predicted molar refractivity (Wildman–Crippen MR) is 79.0 cm³/mol. The maximum Gasteiger partial charge on any atom is 0.311 e. The van der Waals surface area contributed by atoms with Crippen molar-refractivity contribution in [3.63, 3.8) is 0 Å². The summed E-state index contributed by atoms with van der Waals surface area (Å²) in [5.41, 5.74) is -0.844. The molecule has 3 aliphatic rings. The van der Waals surface area contributed by atoms with Gasteiger partial charge in [0.1, 0.15) is 0 Å². The van der Waals surface area contributed by atoms with Gasteiger partial charge in [0.05, 0.1) is 11.3 Å². The lowest BCUT2D eigenvalue weighted by Gasteiger charge is -2.25. The van der Waals surface area contributed by atoms with Crippen LogP contribution >= 0.6 is 0 Å². The van der Waals surface area contributed by atoms with Crippen LogP contribution in [0.1, 0.15) is 45.4 Å². The van der Waals surface area contributed by atoms with Gasteiger partial charge in [-0.3, -0.25) is 14.4 Å². The minimum atomic E-state index is -0.849. The van der Waals surface area contributed by atoms with Crippen molar-refractivity contribution in [2.75, 3.05) is 19.6 Å². The van der Waals surface area contributed by atoms with E-state index in [0.717, 1.165) is 25.7 Å². The molecule has 2 heterocycles. The number of rotatable bonds is 3. The highest BCUT2D eigenvalue weighted by Crippen LogP contribution is 2.34. The minimum absolute atomic E-state index is 0.0428. The largest absolute Gasteiger partial charge is 0.481 e. The van der Waals surface area contributed by atoms with Crippen LogP contribution < -0.4 is 0 Å². The third-order valence-corrected chi connectivity index (χ3v) is 5.57. The van der Waals surface area contributed by atoms with Crippen LogP contribution in [-0.4, -0.2) is 58.4 Å². The third-order valence-electron chi connectivity index (χ3n) is 5.57. The van der Waals surface area contributed by atoms with E-state index in [1.165, 1.54) is 0 Å². The number of carboxylic acid groups (broad SMARTS) is 1. The molecule has 0 aromatic carbocycles. The average Bonchev–Trinajstić information content (AvgIpc) is 3.17. The zero-order valence-electron chi connectivity index (χ0n) is 13.1. The molecule has 2 amide bonds. The van der Waals surface area contributed by atoms with Crippen LogP contribution in [0.25, 0.3) is 0 Å². The number of hydrogen-bond acceptors (Lipinski definition) is 3. The van der Waals surface area contributed by atoms with Gasteiger partial charge in [-0.1, -0.05) is 12.8 Å². The summed E-state index contributed by atoms with van der Waals surface area (Å²) < 4.78 is 0. The first-order valence-electron chi connectivity index (χ1n) is 8.22. The standard InChI is InChI=1S/C16H24N2O4/c1-16(15(21)22)6-7-17(10-16)14(20)11-8-13(19)18(9-11)12-4-2-3-5-12/h11-12H,2-10H2,1H3,(H,21,22)/t11-,16-/m0/s1.